The van der Waals surface area contributed by atoms with Crippen LogP contribution >= 0.6 is 0 Å². The molecule has 2 rings (SSSR count). The molecule has 0 amide bonds. The average molecular weight is 184 g/mol. The van der Waals surface area contributed by atoms with Crippen molar-refractivity contribution < 1.29 is 4.79 Å². The molecule has 0 spiro atoms. The lowest BCUT2D eigenvalue weighted by molar-refractivity contribution is 0.105. The number of ketones is 1. The van der Waals surface area contributed by atoms with E-state index in [0.29, 0.717) is 5.56 Å². The van der Waals surface area contributed by atoms with Crippen LogP contribution in [-0.4, -0.2) is 10.8 Å². The van der Waals surface area contributed by atoms with Gasteiger partial charge in [0, 0.05) is 16.6 Å². The highest BCUT2D eigenvalue weighted by Crippen LogP contribution is 2.21. The standard InChI is InChI=1S/C11H8N2O/c1-7-11(10(14)6-12)8-4-2-3-5-9(8)13-7/h2-5,13H,1H3. The molecule has 0 saturated heterocycles. The second-order valence-corrected chi connectivity index (χ2v) is 3.11. The zero-order valence-electron chi connectivity index (χ0n) is 7.66. The topological polar surface area (TPSA) is 56.6 Å². The van der Waals surface area contributed by atoms with Gasteiger partial charge in [-0.15, -0.1) is 0 Å². The van der Waals surface area contributed by atoms with Gasteiger partial charge in [0.1, 0.15) is 6.07 Å². The van der Waals surface area contributed by atoms with E-state index in [2.05, 4.69) is 4.98 Å². The number of aryl methyl sites for hydroxylation is 1. The fourth-order valence-corrected chi connectivity index (χ4v) is 1.63. The van der Waals surface area contributed by atoms with Gasteiger partial charge in [0.05, 0.1) is 5.56 Å². The quantitative estimate of drug-likeness (QED) is 0.545. The summed E-state index contributed by atoms with van der Waals surface area (Å²) in [6, 6.07) is 9.10. The lowest BCUT2D eigenvalue weighted by Gasteiger charge is -1.91. The number of hydrogen-bond acceptors (Lipinski definition) is 2. The number of para-hydroxylation sites is 1. The monoisotopic (exact) mass is 184 g/mol. The summed E-state index contributed by atoms with van der Waals surface area (Å²) in [6.07, 6.45) is 0. The molecule has 0 unspecified atom stereocenters. The molecule has 3 heteroatoms. The predicted octanol–water partition coefficient (Wildman–Crippen LogP) is 2.18. The van der Waals surface area contributed by atoms with E-state index >= 15 is 0 Å². The van der Waals surface area contributed by atoms with Gasteiger partial charge in [-0.05, 0) is 13.0 Å². The van der Waals surface area contributed by atoms with Gasteiger partial charge in [-0.1, -0.05) is 18.2 Å². The summed E-state index contributed by atoms with van der Waals surface area (Å²) < 4.78 is 0. The number of carbonyl (C=O) groups excluding carboxylic acids is 1. The average Bonchev–Trinajstić information content (AvgIpc) is 2.53. The summed E-state index contributed by atoms with van der Waals surface area (Å²) in [5.74, 6) is -0.486. The fourth-order valence-electron chi connectivity index (χ4n) is 1.63. The summed E-state index contributed by atoms with van der Waals surface area (Å²) in [5.41, 5.74) is 2.13. The van der Waals surface area contributed by atoms with E-state index in [1.807, 2.05) is 24.3 Å². The number of fused-ring (bicyclic) bond motifs is 1. The summed E-state index contributed by atoms with van der Waals surface area (Å²) in [7, 11) is 0. The van der Waals surface area contributed by atoms with Crippen molar-refractivity contribution in [2.75, 3.05) is 0 Å². The van der Waals surface area contributed by atoms with Crippen LogP contribution in [0.2, 0.25) is 0 Å². The van der Waals surface area contributed by atoms with Gasteiger partial charge in [-0.25, -0.2) is 0 Å². The first kappa shape index (κ1) is 8.52. The van der Waals surface area contributed by atoms with Crippen molar-refractivity contribution in [3.05, 3.63) is 35.5 Å². The molecule has 0 aliphatic carbocycles. The normalized spacial score (nSPS) is 10.0. The van der Waals surface area contributed by atoms with Crippen molar-refractivity contribution in [1.29, 1.82) is 5.26 Å². The Balaban J connectivity index is 2.82. The van der Waals surface area contributed by atoms with E-state index in [4.69, 9.17) is 5.26 Å². The second kappa shape index (κ2) is 3.00. The number of benzene rings is 1. The fraction of sp³-hybridized carbons (Fsp3) is 0.0909. The van der Waals surface area contributed by atoms with E-state index in [1.54, 1.807) is 13.0 Å². The maximum Gasteiger partial charge on any atom is 0.264 e. The van der Waals surface area contributed by atoms with Crippen LogP contribution in [0.4, 0.5) is 0 Å². The summed E-state index contributed by atoms with van der Waals surface area (Å²) in [5, 5.41) is 9.39. The van der Waals surface area contributed by atoms with Gasteiger partial charge in [0.15, 0.2) is 0 Å². The van der Waals surface area contributed by atoms with Crippen molar-refractivity contribution in [2.24, 2.45) is 0 Å². The number of aromatic nitrogens is 1. The highest BCUT2D eigenvalue weighted by atomic mass is 16.1. The third kappa shape index (κ3) is 1.09. The van der Waals surface area contributed by atoms with Gasteiger partial charge < -0.3 is 4.98 Å². The summed E-state index contributed by atoms with van der Waals surface area (Å²) in [4.78, 5) is 14.4. The van der Waals surface area contributed by atoms with E-state index in [0.717, 1.165) is 16.6 Å². The van der Waals surface area contributed by atoms with Crippen molar-refractivity contribution >= 4 is 16.7 Å². The number of H-pyrrole nitrogens is 1. The summed E-state index contributed by atoms with van der Waals surface area (Å²) >= 11 is 0. The minimum atomic E-state index is -0.486. The zero-order valence-corrected chi connectivity index (χ0v) is 7.66. The number of carbonyl (C=O) groups is 1. The number of rotatable bonds is 1. The largest absolute Gasteiger partial charge is 0.358 e. The number of nitrogens with one attached hydrogen (secondary N) is 1. The van der Waals surface area contributed by atoms with Crippen LogP contribution in [0.3, 0.4) is 0 Å². The van der Waals surface area contributed by atoms with Crippen LogP contribution in [0.1, 0.15) is 16.1 Å². The molecule has 0 atom stereocenters. The van der Waals surface area contributed by atoms with Gasteiger partial charge in [-0.3, -0.25) is 4.79 Å². The van der Waals surface area contributed by atoms with Crippen molar-refractivity contribution in [3.8, 4) is 6.07 Å². The van der Waals surface area contributed by atoms with Crippen LogP contribution in [0.25, 0.3) is 10.9 Å². The van der Waals surface area contributed by atoms with Gasteiger partial charge >= 0.3 is 0 Å². The second-order valence-electron chi connectivity index (χ2n) is 3.11. The number of nitriles is 1. The molecule has 1 aromatic heterocycles. The van der Waals surface area contributed by atoms with Gasteiger partial charge in [0.2, 0.25) is 0 Å². The number of Topliss-reactive ketones (excluding diaryl/α,β-unsaturated/α-hetero) is 1. The molecule has 1 N–H and O–H groups in total. The Morgan fingerprint density at radius 1 is 1.43 bits per heavy atom. The van der Waals surface area contributed by atoms with E-state index in [1.165, 1.54) is 0 Å². The van der Waals surface area contributed by atoms with Crippen molar-refractivity contribution in [3.63, 3.8) is 0 Å². The molecule has 2 aromatic rings. The Bertz CT molecular complexity index is 546. The molecule has 14 heavy (non-hydrogen) atoms. The van der Waals surface area contributed by atoms with Crippen LogP contribution in [0.15, 0.2) is 24.3 Å². The Hall–Kier alpha value is -2.08. The van der Waals surface area contributed by atoms with E-state index < -0.39 is 5.78 Å². The number of aromatic amines is 1. The highest BCUT2D eigenvalue weighted by molar-refractivity contribution is 6.16. The molecular weight excluding hydrogens is 176 g/mol. The first-order chi connectivity index (χ1) is 6.74. The zero-order chi connectivity index (χ0) is 10.1. The Kier molecular flexibility index (Phi) is 1.83. The molecule has 1 aromatic carbocycles. The van der Waals surface area contributed by atoms with Gasteiger partial charge in [0.25, 0.3) is 5.78 Å². The molecule has 0 bridgehead atoms. The summed E-state index contributed by atoms with van der Waals surface area (Å²) in [6.45, 7) is 1.80. The third-order valence-corrected chi connectivity index (χ3v) is 2.22. The third-order valence-electron chi connectivity index (χ3n) is 2.22. The first-order valence-electron chi connectivity index (χ1n) is 4.26. The molecule has 0 fully saturated rings. The SMILES string of the molecule is Cc1[nH]c2ccccc2c1C(=O)C#N. The maximum atomic E-state index is 11.3. The van der Waals surface area contributed by atoms with Crippen molar-refractivity contribution in [2.45, 2.75) is 6.92 Å². The van der Waals surface area contributed by atoms with Crippen LogP contribution in [-0.2, 0) is 0 Å². The Morgan fingerprint density at radius 3 is 2.86 bits per heavy atom. The molecule has 1 heterocycles. The van der Waals surface area contributed by atoms with Gasteiger partial charge in [-0.2, -0.15) is 5.26 Å². The Labute approximate surface area is 81.0 Å². The van der Waals surface area contributed by atoms with E-state index in [9.17, 15) is 4.79 Å². The number of nitrogens with zero attached hydrogens (tertiary/aromatic N) is 1. The highest BCUT2D eigenvalue weighted by Gasteiger charge is 2.14. The first-order valence-corrected chi connectivity index (χ1v) is 4.26. The molecule has 3 nitrogen and oxygen atoms in total. The Morgan fingerprint density at radius 2 is 2.14 bits per heavy atom. The smallest absolute Gasteiger partial charge is 0.264 e. The molecule has 0 aliphatic heterocycles. The lowest BCUT2D eigenvalue weighted by Crippen LogP contribution is -1.95. The van der Waals surface area contributed by atoms with E-state index in [-0.39, 0.29) is 0 Å². The maximum absolute atomic E-state index is 11.3. The lowest BCUT2D eigenvalue weighted by atomic mass is 10.1. The molecule has 0 saturated carbocycles. The molecule has 68 valence electrons. The minimum absolute atomic E-state index is 0.486. The molecular formula is C11H8N2O. The van der Waals surface area contributed by atoms with Crippen LogP contribution in [0.5, 0.6) is 0 Å². The van der Waals surface area contributed by atoms with Crippen molar-refractivity contribution in [1.82, 2.24) is 4.98 Å². The molecule has 0 aliphatic rings. The minimum Gasteiger partial charge on any atom is -0.358 e. The van der Waals surface area contributed by atoms with Crippen LogP contribution in [0, 0.1) is 18.3 Å². The number of hydrogen-bond donors (Lipinski definition) is 1. The molecule has 0 radical (unpaired) electrons. The predicted molar refractivity (Wildman–Crippen MR) is 53.0 cm³/mol. The van der Waals surface area contributed by atoms with Crippen LogP contribution < -0.4 is 0 Å².